The van der Waals surface area contributed by atoms with Crippen molar-refractivity contribution in [3.8, 4) is 5.75 Å². The third kappa shape index (κ3) is 6.81. The van der Waals surface area contributed by atoms with E-state index in [0.29, 0.717) is 6.42 Å². The van der Waals surface area contributed by atoms with E-state index in [1.165, 1.54) is 18.2 Å². The normalized spacial score (nSPS) is 11.6. The molecule has 144 valence electrons. The molecular weight excluding hydrogens is 357 g/mol. The topological polar surface area (TPSA) is 35.5 Å². The zero-order valence-corrected chi connectivity index (χ0v) is 15.0. The molecule has 0 heterocycles. The van der Waals surface area contributed by atoms with E-state index in [1.54, 1.807) is 6.92 Å². The first-order chi connectivity index (χ1) is 12.9. The van der Waals surface area contributed by atoms with Crippen molar-refractivity contribution in [2.45, 2.75) is 25.9 Å². The van der Waals surface area contributed by atoms with Crippen LogP contribution >= 0.6 is 0 Å². The number of rotatable bonds is 8. The third-order valence-corrected chi connectivity index (χ3v) is 3.72. The molecule has 3 nitrogen and oxygen atoms in total. The minimum absolute atomic E-state index is 0.177. The fourth-order valence-corrected chi connectivity index (χ4v) is 2.46. The summed E-state index contributed by atoms with van der Waals surface area (Å²) in [5, 5.41) is 0. The first kappa shape index (κ1) is 20.6. The number of carbonyl (C=O) groups excluding carboxylic acids is 1. The second-order valence-corrected chi connectivity index (χ2v) is 5.78. The predicted molar refractivity (Wildman–Crippen MR) is 97.4 cm³/mol. The van der Waals surface area contributed by atoms with Crippen molar-refractivity contribution in [3.63, 3.8) is 0 Å². The highest BCUT2D eigenvalue weighted by Gasteiger charge is 2.34. The van der Waals surface area contributed by atoms with Gasteiger partial charge >= 0.3 is 12.1 Å². The Morgan fingerprint density at radius 3 is 2.52 bits per heavy atom. The summed E-state index contributed by atoms with van der Waals surface area (Å²) < 4.78 is 50.1. The first-order valence-corrected chi connectivity index (χ1v) is 8.63. The Morgan fingerprint density at radius 1 is 1.11 bits per heavy atom. The summed E-state index contributed by atoms with van der Waals surface area (Å²) in [5.41, 5.74) is 0.483. The number of benzene rings is 2. The molecule has 2 aromatic rings. The lowest BCUT2D eigenvalue weighted by Crippen LogP contribution is -2.10. The van der Waals surface area contributed by atoms with Crippen molar-refractivity contribution in [1.82, 2.24) is 0 Å². The zero-order valence-electron chi connectivity index (χ0n) is 15.0. The number of aryl methyl sites for hydroxylation is 1. The zero-order chi connectivity index (χ0) is 19.7. The highest BCUT2D eigenvalue weighted by atomic mass is 19.4. The smallest absolute Gasteiger partial charge is 0.419 e. The minimum Gasteiger partial charge on any atom is -0.493 e. The number of esters is 1. The van der Waals surface area contributed by atoms with Gasteiger partial charge in [0.15, 0.2) is 0 Å². The quantitative estimate of drug-likeness (QED) is 0.356. The Bertz CT molecular complexity index is 768. The number of carbonyl (C=O) groups is 1. The van der Waals surface area contributed by atoms with Crippen LogP contribution in [0.3, 0.4) is 0 Å². The molecule has 0 unspecified atom stereocenters. The van der Waals surface area contributed by atoms with Crippen molar-refractivity contribution in [1.29, 1.82) is 0 Å². The van der Waals surface area contributed by atoms with Crippen molar-refractivity contribution < 1.29 is 27.4 Å². The molecule has 0 aliphatic carbocycles. The summed E-state index contributed by atoms with van der Waals surface area (Å²) >= 11 is 0. The maximum Gasteiger partial charge on any atom is 0.419 e. The number of halogens is 3. The van der Waals surface area contributed by atoms with E-state index in [9.17, 15) is 18.0 Å². The van der Waals surface area contributed by atoms with Gasteiger partial charge in [0.2, 0.25) is 0 Å². The maximum atomic E-state index is 13.3. The van der Waals surface area contributed by atoms with Gasteiger partial charge in [0.05, 0.1) is 18.8 Å². The molecule has 27 heavy (non-hydrogen) atoms. The average Bonchev–Trinajstić information content (AvgIpc) is 2.64. The van der Waals surface area contributed by atoms with Crippen LogP contribution in [-0.2, 0) is 22.1 Å². The van der Waals surface area contributed by atoms with Crippen molar-refractivity contribution in [2.75, 3.05) is 13.2 Å². The highest BCUT2D eigenvalue weighted by molar-refractivity contribution is 5.87. The molecule has 0 spiro atoms. The van der Waals surface area contributed by atoms with Crippen LogP contribution in [0.15, 0.2) is 54.6 Å². The molecule has 0 aliphatic heterocycles. The number of ether oxygens (including phenoxy) is 2. The van der Waals surface area contributed by atoms with Crippen LogP contribution in [0.5, 0.6) is 5.75 Å². The molecule has 0 N–H and O–H groups in total. The molecule has 2 aromatic carbocycles. The molecule has 0 saturated heterocycles. The molecule has 0 aromatic heterocycles. The Hall–Kier alpha value is -2.76. The van der Waals surface area contributed by atoms with Gasteiger partial charge < -0.3 is 9.47 Å². The van der Waals surface area contributed by atoms with Gasteiger partial charge in [-0.05, 0) is 49.1 Å². The molecule has 0 bridgehead atoms. The van der Waals surface area contributed by atoms with Gasteiger partial charge in [0.1, 0.15) is 5.75 Å². The summed E-state index contributed by atoms with van der Waals surface area (Å²) in [7, 11) is 0. The summed E-state index contributed by atoms with van der Waals surface area (Å²) in [6.45, 7) is 2.03. The van der Waals surface area contributed by atoms with E-state index >= 15 is 0 Å². The van der Waals surface area contributed by atoms with Crippen molar-refractivity contribution >= 4 is 12.0 Å². The Morgan fingerprint density at radius 2 is 1.85 bits per heavy atom. The maximum absolute atomic E-state index is 13.3. The van der Waals surface area contributed by atoms with Crippen LogP contribution in [0.4, 0.5) is 13.2 Å². The predicted octanol–water partition coefficient (Wildman–Crippen LogP) is 5.29. The fraction of sp³-hybridized carbons (Fsp3) is 0.286. The number of alkyl halides is 3. The second kappa shape index (κ2) is 9.80. The monoisotopic (exact) mass is 378 g/mol. The molecule has 6 heteroatoms. The number of hydrogen-bond donors (Lipinski definition) is 0. The SMILES string of the molecule is CCOC(=O)/C=C/c1ccc(OCCCc2ccccc2)c(C(F)(F)F)c1. The Labute approximate surface area is 156 Å². The van der Waals surface area contributed by atoms with Gasteiger partial charge in [-0.3, -0.25) is 0 Å². The lowest BCUT2D eigenvalue weighted by molar-refractivity contribution is -0.139. The van der Waals surface area contributed by atoms with E-state index in [2.05, 4.69) is 0 Å². The van der Waals surface area contributed by atoms with E-state index in [1.807, 2.05) is 30.3 Å². The molecule has 0 aliphatic rings. The van der Waals surface area contributed by atoms with Gasteiger partial charge in [0, 0.05) is 6.08 Å². The van der Waals surface area contributed by atoms with Crippen molar-refractivity contribution in [2.24, 2.45) is 0 Å². The van der Waals surface area contributed by atoms with E-state index in [0.717, 1.165) is 24.1 Å². The molecule has 0 atom stereocenters. The largest absolute Gasteiger partial charge is 0.493 e. The Kier molecular flexibility index (Phi) is 7.46. The number of hydrogen-bond acceptors (Lipinski definition) is 3. The van der Waals surface area contributed by atoms with E-state index in [4.69, 9.17) is 9.47 Å². The van der Waals surface area contributed by atoms with Crippen LogP contribution in [0.25, 0.3) is 6.08 Å². The summed E-state index contributed by atoms with van der Waals surface area (Å²) in [6.07, 6.45) is -0.845. The summed E-state index contributed by atoms with van der Waals surface area (Å²) in [4.78, 5) is 11.3. The van der Waals surface area contributed by atoms with Gasteiger partial charge in [0.25, 0.3) is 0 Å². The van der Waals surface area contributed by atoms with Gasteiger partial charge in [-0.15, -0.1) is 0 Å². The third-order valence-electron chi connectivity index (χ3n) is 3.72. The second-order valence-electron chi connectivity index (χ2n) is 5.78. The minimum atomic E-state index is -4.55. The molecule has 2 rings (SSSR count). The van der Waals surface area contributed by atoms with Crippen LogP contribution in [-0.4, -0.2) is 19.2 Å². The van der Waals surface area contributed by atoms with Crippen LogP contribution < -0.4 is 4.74 Å². The van der Waals surface area contributed by atoms with Crippen LogP contribution in [0.1, 0.15) is 30.0 Å². The van der Waals surface area contributed by atoms with Gasteiger partial charge in [-0.2, -0.15) is 13.2 Å². The lowest BCUT2D eigenvalue weighted by Gasteiger charge is -2.15. The van der Waals surface area contributed by atoms with Crippen molar-refractivity contribution in [3.05, 3.63) is 71.3 Å². The summed E-state index contributed by atoms with van der Waals surface area (Å²) in [6, 6.07) is 13.4. The average molecular weight is 378 g/mol. The molecule has 0 radical (unpaired) electrons. The molecule has 0 fully saturated rings. The first-order valence-electron chi connectivity index (χ1n) is 8.63. The van der Waals surface area contributed by atoms with Crippen LogP contribution in [0, 0.1) is 0 Å². The molecular formula is C21H21F3O3. The lowest BCUT2D eigenvalue weighted by atomic mass is 10.1. The molecule has 0 amide bonds. The Balaban J connectivity index is 2.03. The van der Waals surface area contributed by atoms with Gasteiger partial charge in [-0.1, -0.05) is 36.4 Å². The molecule has 0 saturated carbocycles. The van der Waals surface area contributed by atoms with Gasteiger partial charge in [-0.25, -0.2) is 4.79 Å². The standard InChI is InChI=1S/C21H21F3O3/c1-2-26-20(25)13-11-17-10-12-19(18(15-17)21(22,23)24)27-14-6-9-16-7-4-3-5-8-16/h3-5,7-8,10-13,15H,2,6,9,14H2,1H3/b13-11+. The van der Waals surface area contributed by atoms with Crippen LogP contribution in [0.2, 0.25) is 0 Å². The highest BCUT2D eigenvalue weighted by Crippen LogP contribution is 2.37. The summed E-state index contributed by atoms with van der Waals surface area (Å²) in [5.74, 6) is -0.823. The fourth-order valence-electron chi connectivity index (χ4n) is 2.46. The van der Waals surface area contributed by atoms with E-state index in [-0.39, 0.29) is 24.5 Å². The van der Waals surface area contributed by atoms with E-state index < -0.39 is 17.7 Å².